The summed E-state index contributed by atoms with van der Waals surface area (Å²) in [7, 11) is 0. The van der Waals surface area contributed by atoms with E-state index in [0.29, 0.717) is 16.6 Å². The van der Waals surface area contributed by atoms with Gasteiger partial charge in [-0.25, -0.2) is 4.98 Å². The van der Waals surface area contributed by atoms with E-state index in [1.54, 1.807) is 19.9 Å². The van der Waals surface area contributed by atoms with E-state index >= 15 is 0 Å². The van der Waals surface area contributed by atoms with Gasteiger partial charge in [-0.1, -0.05) is 11.6 Å². The zero-order valence-corrected chi connectivity index (χ0v) is 12.9. The van der Waals surface area contributed by atoms with Crippen LogP contribution in [0.5, 0.6) is 0 Å². The highest BCUT2D eigenvalue weighted by atomic mass is 79.9. The highest BCUT2D eigenvalue weighted by Gasteiger charge is 2.24. The lowest BCUT2D eigenvalue weighted by Gasteiger charge is -2.28. The van der Waals surface area contributed by atoms with Gasteiger partial charge in [0, 0.05) is 23.8 Å². The van der Waals surface area contributed by atoms with Crippen LogP contribution in [-0.4, -0.2) is 39.6 Å². The Labute approximate surface area is 120 Å². The lowest BCUT2D eigenvalue weighted by molar-refractivity contribution is 0.0314. The predicted molar refractivity (Wildman–Crippen MR) is 74.8 cm³/mol. The molecule has 4 nitrogen and oxygen atoms in total. The molecule has 0 atom stereocenters. The molecule has 0 unspecified atom stereocenters. The number of amides is 1. The summed E-state index contributed by atoms with van der Waals surface area (Å²) in [5.41, 5.74) is -0.616. The van der Waals surface area contributed by atoms with Crippen LogP contribution in [0.4, 0.5) is 0 Å². The Kier molecular flexibility index (Phi) is 5.13. The van der Waals surface area contributed by atoms with Gasteiger partial charge >= 0.3 is 0 Å². The van der Waals surface area contributed by atoms with Crippen LogP contribution in [0.2, 0.25) is 5.15 Å². The Hall–Kier alpha value is -0.650. The van der Waals surface area contributed by atoms with Crippen LogP contribution >= 0.6 is 27.5 Å². The fraction of sp³-hybridized carbons (Fsp3) is 0.500. The van der Waals surface area contributed by atoms with Crippen LogP contribution in [0.15, 0.2) is 16.7 Å². The lowest BCUT2D eigenvalue weighted by Crippen LogP contribution is -2.42. The first-order valence-electron chi connectivity index (χ1n) is 5.57. The maximum atomic E-state index is 12.3. The van der Waals surface area contributed by atoms with E-state index in [1.165, 1.54) is 11.1 Å². The zero-order valence-electron chi connectivity index (χ0n) is 10.6. The SMILES string of the molecule is CCN(CC(C)(C)O)C(=O)c1cc(Br)cnc1Cl. The van der Waals surface area contributed by atoms with Crippen molar-refractivity contribution >= 4 is 33.4 Å². The van der Waals surface area contributed by atoms with Crippen molar-refractivity contribution in [2.45, 2.75) is 26.4 Å². The van der Waals surface area contributed by atoms with Crippen molar-refractivity contribution in [2.24, 2.45) is 0 Å². The van der Waals surface area contributed by atoms with E-state index in [1.807, 2.05) is 6.92 Å². The Morgan fingerprint density at radius 1 is 1.61 bits per heavy atom. The topological polar surface area (TPSA) is 53.4 Å². The molecule has 1 aromatic heterocycles. The molecule has 0 saturated heterocycles. The number of hydrogen-bond acceptors (Lipinski definition) is 3. The fourth-order valence-corrected chi connectivity index (χ4v) is 2.05. The highest BCUT2D eigenvalue weighted by Crippen LogP contribution is 2.20. The average Bonchev–Trinajstić information content (AvgIpc) is 2.27. The van der Waals surface area contributed by atoms with Crippen LogP contribution in [-0.2, 0) is 0 Å². The lowest BCUT2D eigenvalue weighted by atomic mass is 10.1. The Morgan fingerprint density at radius 2 is 2.22 bits per heavy atom. The van der Waals surface area contributed by atoms with Crippen molar-refractivity contribution in [1.82, 2.24) is 9.88 Å². The van der Waals surface area contributed by atoms with Crippen molar-refractivity contribution in [3.05, 3.63) is 27.5 Å². The molecule has 0 aliphatic heterocycles. The number of carbonyl (C=O) groups is 1. The van der Waals surface area contributed by atoms with Crippen molar-refractivity contribution < 1.29 is 9.90 Å². The first-order chi connectivity index (χ1) is 8.24. The van der Waals surface area contributed by atoms with E-state index in [2.05, 4.69) is 20.9 Å². The molecule has 100 valence electrons. The number of nitrogens with zero attached hydrogens (tertiary/aromatic N) is 2. The number of halogens is 2. The molecule has 0 bridgehead atoms. The first-order valence-corrected chi connectivity index (χ1v) is 6.74. The average molecular weight is 336 g/mol. The standard InChI is InChI=1S/C12H16BrClN2O2/c1-4-16(7-12(2,3)18)11(17)9-5-8(13)6-15-10(9)14/h5-6,18H,4,7H2,1-3H3. The summed E-state index contributed by atoms with van der Waals surface area (Å²) in [5.74, 6) is -0.238. The Balaban J connectivity index is 3.00. The third-order valence-electron chi connectivity index (χ3n) is 2.28. The fourth-order valence-electron chi connectivity index (χ4n) is 1.54. The maximum Gasteiger partial charge on any atom is 0.257 e. The highest BCUT2D eigenvalue weighted by molar-refractivity contribution is 9.10. The van der Waals surface area contributed by atoms with E-state index in [9.17, 15) is 9.90 Å². The monoisotopic (exact) mass is 334 g/mol. The van der Waals surface area contributed by atoms with Gasteiger partial charge in [0.2, 0.25) is 0 Å². The van der Waals surface area contributed by atoms with Gasteiger partial charge < -0.3 is 10.0 Å². The molecule has 1 N–H and O–H groups in total. The van der Waals surface area contributed by atoms with Gasteiger partial charge in [-0.2, -0.15) is 0 Å². The van der Waals surface area contributed by atoms with Crippen LogP contribution < -0.4 is 0 Å². The molecular formula is C12H16BrClN2O2. The third-order valence-corrected chi connectivity index (χ3v) is 3.02. The number of aromatic nitrogens is 1. The van der Waals surface area contributed by atoms with Crippen molar-refractivity contribution in [2.75, 3.05) is 13.1 Å². The minimum atomic E-state index is -0.947. The summed E-state index contributed by atoms with van der Waals surface area (Å²) in [4.78, 5) is 17.8. The van der Waals surface area contributed by atoms with Crippen molar-refractivity contribution in [3.8, 4) is 0 Å². The summed E-state index contributed by atoms with van der Waals surface area (Å²) < 4.78 is 0.689. The summed E-state index contributed by atoms with van der Waals surface area (Å²) >= 11 is 9.18. The van der Waals surface area contributed by atoms with E-state index < -0.39 is 5.60 Å². The second-order valence-electron chi connectivity index (χ2n) is 4.62. The molecule has 0 aromatic carbocycles. The summed E-state index contributed by atoms with van der Waals surface area (Å²) in [6.45, 7) is 5.90. The van der Waals surface area contributed by atoms with Gasteiger partial charge in [-0.05, 0) is 42.8 Å². The van der Waals surface area contributed by atoms with Gasteiger partial charge in [0.15, 0.2) is 0 Å². The molecule has 1 amide bonds. The van der Waals surface area contributed by atoms with Crippen molar-refractivity contribution in [3.63, 3.8) is 0 Å². The molecule has 0 radical (unpaired) electrons. The molecular weight excluding hydrogens is 320 g/mol. The first kappa shape index (κ1) is 15.4. The van der Waals surface area contributed by atoms with Crippen LogP contribution in [0.1, 0.15) is 31.1 Å². The molecule has 0 aliphatic carbocycles. The van der Waals surface area contributed by atoms with E-state index in [0.717, 1.165) is 0 Å². The molecule has 0 spiro atoms. The van der Waals surface area contributed by atoms with E-state index in [-0.39, 0.29) is 17.6 Å². The van der Waals surface area contributed by atoms with Gasteiger partial charge in [-0.3, -0.25) is 4.79 Å². The van der Waals surface area contributed by atoms with Gasteiger partial charge in [-0.15, -0.1) is 0 Å². The molecule has 1 heterocycles. The minimum Gasteiger partial charge on any atom is -0.389 e. The number of hydrogen-bond donors (Lipinski definition) is 1. The number of likely N-dealkylation sites (N-methyl/N-ethyl adjacent to an activating group) is 1. The Bertz CT molecular complexity index is 446. The Morgan fingerprint density at radius 3 is 2.72 bits per heavy atom. The van der Waals surface area contributed by atoms with Gasteiger partial charge in [0.05, 0.1) is 11.2 Å². The van der Waals surface area contributed by atoms with Crippen LogP contribution in [0.25, 0.3) is 0 Å². The normalized spacial score (nSPS) is 11.4. The van der Waals surface area contributed by atoms with Crippen LogP contribution in [0.3, 0.4) is 0 Å². The number of carbonyl (C=O) groups excluding carboxylic acids is 1. The smallest absolute Gasteiger partial charge is 0.257 e. The van der Waals surface area contributed by atoms with Crippen LogP contribution in [0, 0.1) is 0 Å². The number of rotatable bonds is 4. The molecule has 0 aliphatic rings. The van der Waals surface area contributed by atoms with Gasteiger partial charge in [0.1, 0.15) is 5.15 Å². The summed E-state index contributed by atoms with van der Waals surface area (Å²) in [6, 6.07) is 1.63. The maximum absolute atomic E-state index is 12.3. The summed E-state index contributed by atoms with van der Waals surface area (Å²) in [6.07, 6.45) is 1.53. The zero-order chi connectivity index (χ0) is 13.9. The number of pyridine rings is 1. The molecule has 1 rings (SSSR count). The van der Waals surface area contributed by atoms with Crippen molar-refractivity contribution in [1.29, 1.82) is 0 Å². The predicted octanol–water partition coefficient (Wildman–Crippen LogP) is 2.73. The van der Waals surface area contributed by atoms with E-state index in [4.69, 9.17) is 11.6 Å². The third kappa shape index (κ3) is 4.23. The summed E-state index contributed by atoms with van der Waals surface area (Å²) in [5, 5.41) is 9.95. The quantitative estimate of drug-likeness (QED) is 0.861. The largest absolute Gasteiger partial charge is 0.389 e. The second kappa shape index (κ2) is 5.99. The molecule has 0 saturated carbocycles. The molecule has 1 aromatic rings. The number of aliphatic hydroxyl groups is 1. The molecule has 18 heavy (non-hydrogen) atoms. The molecule has 0 fully saturated rings. The minimum absolute atomic E-state index is 0.164. The molecule has 6 heteroatoms. The van der Waals surface area contributed by atoms with Gasteiger partial charge in [0.25, 0.3) is 5.91 Å². The second-order valence-corrected chi connectivity index (χ2v) is 5.90.